The number of nitrogens with two attached hydrogens (primary N) is 1. The molecule has 1 fully saturated rings. The van der Waals surface area contributed by atoms with E-state index >= 15 is 0 Å². The molecule has 0 bridgehead atoms. The van der Waals surface area contributed by atoms with E-state index < -0.39 is 0 Å². The molecule has 0 heterocycles. The highest BCUT2D eigenvalue weighted by molar-refractivity contribution is 7.99. The van der Waals surface area contributed by atoms with Crippen molar-refractivity contribution in [3.8, 4) is 0 Å². The van der Waals surface area contributed by atoms with Crippen molar-refractivity contribution >= 4 is 11.8 Å². The Morgan fingerprint density at radius 3 is 2.73 bits per heavy atom. The molecule has 66 valence electrons. The van der Waals surface area contributed by atoms with E-state index in [2.05, 4.69) is 18.7 Å². The molecule has 1 aliphatic carbocycles. The van der Waals surface area contributed by atoms with Crippen molar-refractivity contribution in [2.75, 3.05) is 11.5 Å². The standard InChI is InChI=1S/C9H19NS/c1-8(10)5-6-11-7-9-3-2-4-9/h8-9H,2-7,10H2,1H3. The highest BCUT2D eigenvalue weighted by atomic mass is 32.2. The minimum absolute atomic E-state index is 0.392. The van der Waals surface area contributed by atoms with Crippen LogP contribution in [0.4, 0.5) is 0 Å². The molecule has 1 rings (SSSR count). The zero-order valence-corrected chi connectivity index (χ0v) is 8.20. The van der Waals surface area contributed by atoms with Crippen molar-refractivity contribution in [2.45, 2.75) is 38.6 Å². The van der Waals surface area contributed by atoms with E-state index in [-0.39, 0.29) is 0 Å². The highest BCUT2D eigenvalue weighted by Gasteiger charge is 2.16. The molecule has 1 aliphatic rings. The average molecular weight is 173 g/mol. The number of thioether (sulfide) groups is 1. The Morgan fingerprint density at radius 1 is 1.55 bits per heavy atom. The molecule has 0 spiro atoms. The normalized spacial score (nSPS) is 21.3. The summed E-state index contributed by atoms with van der Waals surface area (Å²) in [5.41, 5.74) is 5.64. The van der Waals surface area contributed by atoms with E-state index in [9.17, 15) is 0 Å². The number of hydrogen-bond donors (Lipinski definition) is 1. The van der Waals surface area contributed by atoms with Gasteiger partial charge in [-0.2, -0.15) is 11.8 Å². The maximum absolute atomic E-state index is 5.64. The molecule has 0 aromatic rings. The molecule has 0 amide bonds. The van der Waals surface area contributed by atoms with Crippen LogP contribution in [0.5, 0.6) is 0 Å². The lowest BCUT2D eigenvalue weighted by Crippen LogP contribution is -2.17. The van der Waals surface area contributed by atoms with Crippen LogP contribution in [0.3, 0.4) is 0 Å². The molecule has 1 nitrogen and oxygen atoms in total. The Morgan fingerprint density at radius 2 is 2.27 bits per heavy atom. The topological polar surface area (TPSA) is 26.0 Å². The lowest BCUT2D eigenvalue weighted by molar-refractivity contribution is 0.353. The summed E-state index contributed by atoms with van der Waals surface area (Å²) in [5, 5.41) is 0. The fourth-order valence-corrected chi connectivity index (χ4v) is 2.55. The van der Waals surface area contributed by atoms with E-state index in [1.54, 1.807) is 0 Å². The molecule has 0 aromatic heterocycles. The van der Waals surface area contributed by atoms with Crippen molar-refractivity contribution in [3.05, 3.63) is 0 Å². The molecule has 2 heteroatoms. The summed E-state index contributed by atoms with van der Waals surface area (Å²) in [7, 11) is 0. The zero-order valence-electron chi connectivity index (χ0n) is 7.38. The fourth-order valence-electron chi connectivity index (χ4n) is 1.18. The Kier molecular flexibility index (Phi) is 4.31. The second kappa shape index (κ2) is 5.04. The van der Waals surface area contributed by atoms with Crippen molar-refractivity contribution in [1.82, 2.24) is 0 Å². The first-order valence-electron chi connectivity index (χ1n) is 4.62. The summed E-state index contributed by atoms with van der Waals surface area (Å²) in [5.74, 6) is 3.69. The largest absolute Gasteiger partial charge is 0.328 e. The zero-order chi connectivity index (χ0) is 8.10. The molecular weight excluding hydrogens is 154 g/mol. The van der Waals surface area contributed by atoms with Crippen molar-refractivity contribution in [3.63, 3.8) is 0 Å². The first-order valence-corrected chi connectivity index (χ1v) is 5.78. The van der Waals surface area contributed by atoms with Crippen LogP contribution in [-0.2, 0) is 0 Å². The highest BCUT2D eigenvalue weighted by Crippen LogP contribution is 2.29. The lowest BCUT2D eigenvalue weighted by atomic mass is 9.87. The first-order chi connectivity index (χ1) is 5.29. The van der Waals surface area contributed by atoms with Gasteiger partial charge in [0.1, 0.15) is 0 Å². The van der Waals surface area contributed by atoms with Gasteiger partial charge in [-0.3, -0.25) is 0 Å². The third kappa shape index (κ3) is 4.02. The maximum Gasteiger partial charge on any atom is 0.00183 e. The molecule has 1 atom stereocenters. The van der Waals surface area contributed by atoms with Crippen LogP contribution in [0.1, 0.15) is 32.6 Å². The Hall–Kier alpha value is 0.310. The quantitative estimate of drug-likeness (QED) is 0.645. The van der Waals surface area contributed by atoms with Gasteiger partial charge in [0.15, 0.2) is 0 Å². The van der Waals surface area contributed by atoms with Gasteiger partial charge < -0.3 is 5.73 Å². The Labute approximate surface area is 74.1 Å². The van der Waals surface area contributed by atoms with E-state index in [4.69, 9.17) is 5.73 Å². The van der Waals surface area contributed by atoms with Crippen molar-refractivity contribution in [1.29, 1.82) is 0 Å². The van der Waals surface area contributed by atoms with Gasteiger partial charge in [0, 0.05) is 6.04 Å². The SMILES string of the molecule is CC(N)CCSCC1CCC1. The van der Waals surface area contributed by atoms with Gasteiger partial charge in [-0.15, -0.1) is 0 Å². The summed E-state index contributed by atoms with van der Waals surface area (Å²) in [6.45, 7) is 2.09. The molecule has 1 saturated carbocycles. The molecule has 2 N–H and O–H groups in total. The molecule has 1 unspecified atom stereocenters. The summed E-state index contributed by atoms with van der Waals surface area (Å²) < 4.78 is 0. The van der Waals surface area contributed by atoms with Gasteiger partial charge in [0.25, 0.3) is 0 Å². The third-order valence-electron chi connectivity index (χ3n) is 2.30. The Balaban J connectivity index is 1.80. The van der Waals surface area contributed by atoms with Gasteiger partial charge in [-0.25, -0.2) is 0 Å². The maximum atomic E-state index is 5.64. The summed E-state index contributed by atoms with van der Waals surface area (Å²) in [4.78, 5) is 0. The van der Waals surface area contributed by atoms with Gasteiger partial charge in [0.2, 0.25) is 0 Å². The molecule has 11 heavy (non-hydrogen) atoms. The third-order valence-corrected chi connectivity index (χ3v) is 3.53. The number of hydrogen-bond acceptors (Lipinski definition) is 2. The predicted octanol–water partition coefficient (Wildman–Crippen LogP) is 2.26. The van der Waals surface area contributed by atoms with Crippen molar-refractivity contribution in [2.24, 2.45) is 11.7 Å². The van der Waals surface area contributed by atoms with Crippen LogP contribution in [0.2, 0.25) is 0 Å². The van der Waals surface area contributed by atoms with E-state index in [1.165, 1.54) is 37.2 Å². The van der Waals surface area contributed by atoms with E-state index in [1.807, 2.05) is 0 Å². The predicted molar refractivity (Wildman–Crippen MR) is 52.9 cm³/mol. The fraction of sp³-hybridized carbons (Fsp3) is 1.00. The van der Waals surface area contributed by atoms with E-state index in [0.717, 1.165) is 5.92 Å². The van der Waals surface area contributed by atoms with Gasteiger partial charge in [-0.1, -0.05) is 6.42 Å². The minimum atomic E-state index is 0.392. The van der Waals surface area contributed by atoms with Crippen LogP contribution < -0.4 is 5.73 Å². The molecular formula is C9H19NS. The van der Waals surface area contributed by atoms with Gasteiger partial charge in [-0.05, 0) is 43.6 Å². The second-order valence-electron chi connectivity index (χ2n) is 3.64. The summed E-state index contributed by atoms with van der Waals surface area (Å²) in [6, 6.07) is 0.392. The molecule has 0 aliphatic heterocycles. The molecule has 0 radical (unpaired) electrons. The van der Waals surface area contributed by atoms with Crippen LogP contribution in [0.15, 0.2) is 0 Å². The van der Waals surface area contributed by atoms with Gasteiger partial charge >= 0.3 is 0 Å². The smallest absolute Gasteiger partial charge is 0.00183 e. The first kappa shape index (κ1) is 9.40. The van der Waals surface area contributed by atoms with Crippen LogP contribution >= 0.6 is 11.8 Å². The van der Waals surface area contributed by atoms with Crippen LogP contribution in [-0.4, -0.2) is 17.5 Å². The minimum Gasteiger partial charge on any atom is -0.328 e. The average Bonchev–Trinajstić information content (AvgIpc) is 1.82. The van der Waals surface area contributed by atoms with Crippen molar-refractivity contribution < 1.29 is 0 Å². The lowest BCUT2D eigenvalue weighted by Gasteiger charge is -2.24. The Bertz CT molecular complexity index is 99.7. The monoisotopic (exact) mass is 173 g/mol. The summed E-state index contributed by atoms with van der Waals surface area (Å²) >= 11 is 2.09. The van der Waals surface area contributed by atoms with Crippen LogP contribution in [0.25, 0.3) is 0 Å². The van der Waals surface area contributed by atoms with Crippen LogP contribution in [0, 0.1) is 5.92 Å². The van der Waals surface area contributed by atoms with Gasteiger partial charge in [0.05, 0.1) is 0 Å². The number of rotatable bonds is 5. The summed E-state index contributed by atoms with van der Waals surface area (Å²) in [6.07, 6.45) is 5.60. The second-order valence-corrected chi connectivity index (χ2v) is 4.79. The molecule has 0 saturated heterocycles. The molecule has 0 aromatic carbocycles. The van der Waals surface area contributed by atoms with E-state index in [0.29, 0.717) is 6.04 Å².